The summed E-state index contributed by atoms with van der Waals surface area (Å²) in [6.07, 6.45) is 10.6. The van der Waals surface area contributed by atoms with E-state index in [0.29, 0.717) is 0 Å². The van der Waals surface area contributed by atoms with Crippen LogP contribution >= 0.6 is 0 Å². The van der Waals surface area contributed by atoms with E-state index in [4.69, 9.17) is 0 Å². The van der Waals surface area contributed by atoms with E-state index in [9.17, 15) is 5.26 Å². The van der Waals surface area contributed by atoms with E-state index in [2.05, 4.69) is 51.0 Å². The van der Waals surface area contributed by atoms with Gasteiger partial charge in [0.2, 0.25) is 0 Å². The number of H-pyrrole nitrogens is 1. The highest BCUT2D eigenvalue weighted by Gasteiger charge is 2.41. The number of nitriles is 1. The minimum absolute atomic E-state index is 0.261. The molecule has 1 aromatic carbocycles. The molecule has 0 amide bonds. The van der Waals surface area contributed by atoms with Gasteiger partial charge in [0, 0.05) is 48.4 Å². The number of anilines is 1. The number of hydrogen-bond donors (Lipinski definition) is 1. The van der Waals surface area contributed by atoms with Crippen molar-refractivity contribution in [3.63, 3.8) is 0 Å². The summed E-state index contributed by atoms with van der Waals surface area (Å²) in [6, 6.07) is 9.30. The standard InChI is InChI=1S/C19H19N5/c1-14-9-19(13-20,18-12-21-5-6-23-18)4-7-24(14)17-3-2-15-10-22-11-16(15)8-17/h2-3,5-6,8,10-12,14,22H,4,7,9H2,1H3. The van der Waals surface area contributed by atoms with Gasteiger partial charge in [0.05, 0.1) is 18.0 Å². The SMILES string of the molecule is CC1CC(C#N)(c2cnccn2)CCN1c1ccc2c[nH]cc2c1. The van der Waals surface area contributed by atoms with Crippen LogP contribution in [0.4, 0.5) is 5.69 Å². The molecule has 3 aromatic rings. The minimum Gasteiger partial charge on any atom is -0.369 e. The van der Waals surface area contributed by atoms with Crippen molar-refractivity contribution >= 4 is 16.5 Å². The summed E-state index contributed by atoms with van der Waals surface area (Å²) >= 11 is 0. The van der Waals surface area contributed by atoms with E-state index in [-0.39, 0.29) is 6.04 Å². The Labute approximate surface area is 141 Å². The number of aromatic nitrogens is 3. The summed E-state index contributed by atoms with van der Waals surface area (Å²) in [4.78, 5) is 14.1. The van der Waals surface area contributed by atoms with E-state index in [0.717, 1.165) is 25.1 Å². The molecule has 2 atom stereocenters. The highest BCUT2D eigenvalue weighted by molar-refractivity contribution is 5.85. The molecule has 1 saturated heterocycles. The molecular formula is C19H19N5. The van der Waals surface area contributed by atoms with E-state index < -0.39 is 5.41 Å². The van der Waals surface area contributed by atoms with Gasteiger partial charge in [-0.3, -0.25) is 9.97 Å². The average molecular weight is 317 g/mol. The van der Waals surface area contributed by atoms with Crippen LogP contribution < -0.4 is 4.90 Å². The van der Waals surface area contributed by atoms with Gasteiger partial charge in [-0.1, -0.05) is 6.07 Å². The molecule has 0 saturated carbocycles. The highest BCUT2D eigenvalue weighted by Crippen LogP contribution is 2.38. The first kappa shape index (κ1) is 14.7. The number of nitrogens with zero attached hydrogens (tertiary/aromatic N) is 4. The number of nitrogens with one attached hydrogen (secondary N) is 1. The number of hydrogen-bond acceptors (Lipinski definition) is 4. The zero-order chi connectivity index (χ0) is 16.6. The number of rotatable bonds is 2. The Bertz CT molecular complexity index is 895. The molecule has 2 unspecified atom stereocenters. The molecule has 4 rings (SSSR count). The molecular weight excluding hydrogens is 298 g/mol. The number of fused-ring (bicyclic) bond motifs is 1. The van der Waals surface area contributed by atoms with Gasteiger partial charge in [-0.15, -0.1) is 0 Å². The molecule has 24 heavy (non-hydrogen) atoms. The second kappa shape index (κ2) is 5.64. The van der Waals surface area contributed by atoms with E-state index in [1.165, 1.54) is 16.5 Å². The average Bonchev–Trinajstić information content (AvgIpc) is 3.10. The summed E-state index contributed by atoms with van der Waals surface area (Å²) in [5.41, 5.74) is 1.46. The largest absolute Gasteiger partial charge is 0.369 e. The van der Waals surface area contributed by atoms with Crippen molar-refractivity contribution in [1.29, 1.82) is 5.26 Å². The number of benzene rings is 1. The Kier molecular flexibility index (Phi) is 3.46. The molecule has 2 aromatic heterocycles. The first-order valence-corrected chi connectivity index (χ1v) is 8.23. The third kappa shape index (κ3) is 2.31. The van der Waals surface area contributed by atoms with Gasteiger partial charge < -0.3 is 9.88 Å². The summed E-state index contributed by atoms with van der Waals surface area (Å²) in [7, 11) is 0. The van der Waals surface area contributed by atoms with Gasteiger partial charge in [-0.05, 0) is 37.3 Å². The van der Waals surface area contributed by atoms with Gasteiger partial charge in [-0.25, -0.2) is 0 Å². The maximum Gasteiger partial charge on any atom is 0.104 e. The smallest absolute Gasteiger partial charge is 0.104 e. The van der Waals surface area contributed by atoms with Gasteiger partial charge in [0.15, 0.2) is 0 Å². The molecule has 1 fully saturated rings. The highest BCUT2D eigenvalue weighted by atomic mass is 15.2. The van der Waals surface area contributed by atoms with Crippen molar-refractivity contribution in [2.45, 2.75) is 31.2 Å². The van der Waals surface area contributed by atoms with Gasteiger partial charge >= 0.3 is 0 Å². The van der Waals surface area contributed by atoms with Crippen LogP contribution in [-0.2, 0) is 5.41 Å². The van der Waals surface area contributed by atoms with Crippen molar-refractivity contribution in [3.8, 4) is 6.07 Å². The van der Waals surface area contributed by atoms with Crippen LogP contribution in [0.25, 0.3) is 10.8 Å². The molecule has 0 spiro atoms. The van der Waals surface area contributed by atoms with Gasteiger partial charge in [-0.2, -0.15) is 5.26 Å². The van der Waals surface area contributed by atoms with Crippen molar-refractivity contribution in [3.05, 3.63) is 54.9 Å². The summed E-state index contributed by atoms with van der Waals surface area (Å²) in [5.74, 6) is 0. The maximum absolute atomic E-state index is 9.84. The fourth-order valence-electron chi connectivity index (χ4n) is 3.79. The fourth-order valence-corrected chi connectivity index (χ4v) is 3.79. The second-order valence-electron chi connectivity index (χ2n) is 6.55. The molecule has 120 valence electrons. The van der Waals surface area contributed by atoms with E-state index >= 15 is 0 Å². The lowest BCUT2D eigenvalue weighted by molar-refractivity contribution is 0.352. The van der Waals surface area contributed by atoms with E-state index in [1.54, 1.807) is 18.6 Å². The molecule has 1 N–H and O–H groups in total. The van der Waals surface area contributed by atoms with Crippen molar-refractivity contribution < 1.29 is 0 Å². The van der Waals surface area contributed by atoms with Crippen molar-refractivity contribution in [1.82, 2.24) is 15.0 Å². The Hall–Kier alpha value is -2.87. The monoisotopic (exact) mass is 317 g/mol. The molecule has 0 radical (unpaired) electrons. The number of piperidine rings is 1. The first-order valence-electron chi connectivity index (χ1n) is 8.23. The molecule has 0 aliphatic carbocycles. The zero-order valence-electron chi connectivity index (χ0n) is 13.6. The minimum atomic E-state index is -0.539. The zero-order valence-corrected chi connectivity index (χ0v) is 13.6. The lowest BCUT2D eigenvalue weighted by Gasteiger charge is -2.42. The van der Waals surface area contributed by atoms with Gasteiger partial charge in [0.1, 0.15) is 5.41 Å². The molecule has 0 bridgehead atoms. The van der Waals surface area contributed by atoms with Crippen LogP contribution in [0.3, 0.4) is 0 Å². The summed E-state index contributed by atoms with van der Waals surface area (Å²) in [5, 5.41) is 12.3. The quantitative estimate of drug-likeness (QED) is 0.786. The summed E-state index contributed by atoms with van der Waals surface area (Å²) < 4.78 is 0. The Morgan fingerprint density at radius 2 is 2.17 bits per heavy atom. The normalized spacial score (nSPS) is 24.0. The Morgan fingerprint density at radius 3 is 2.92 bits per heavy atom. The predicted molar refractivity (Wildman–Crippen MR) is 93.7 cm³/mol. The molecule has 5 nitrogen and oxygen atoms in total. The van der Waals surface area contributed by atoms with E-state index in [1.807, 2.05) is 12.4 Å². The van der Waals surface area contributed by atoms with Crippen LogP contribution in [0.2, 0.25) is 0 Å². The van der Waals surface area contributed by atoms with Crippen LogP contribution in [-0.4, -0.2) is 27.5 Å². The van der Waals surface area contributed by atoms with Crippen LogP contribution in [0.15, 0.2) is 49.2 Å². The van der Waals surface area contributed by atoms with Crippen LogP contribution in [0, 0.1) is 11.3 Å². The Balaban J connectivity index is 1.63. The molecule has 1 aliphatic heterocycles. The third-order valence-electron chi connectivity index (χ3n) is 5.10. The number of aromatic amines is 1. The maximum atomic E-state index is 9.84. The fraction of sp³-hybridized carbons (Fsp3) is 0.316. The molecule has 1 aliphatic rings. The van der Waals surface area contributed by atoms with Gasteiger partial charge in [0.25, 0.3) is 0 Å². The van der Waals surface area contributed by atoms with Crippen molar-refractivity contribution in [2.75, 3.05) is 11.4 Å². The lowest BCUT2D eigenvalue weighted by atomic mass is 9.74. The third-order valence-corrected chi connectivity index (χ3v) is 5.10. The summed E-state index contributed by atoms with van der Waals surface area (Å²) in [6.45, 7) is 3.02. The van der Waals surface area contributed by atoms with Crippen molar-refractivity contribution in [2.24, 2.45) is 0 Å². The first-order chi connectivity index (χ1) is 11.7. The topological polar surface area (TPSA) is 68.6 Å². The molecule has 3 heterocycles. The van der Waals surface area contributed by atoms with Crippen LogP contribution in [0.1, 0.15) is 25.5 Å². The predicted octanol–water partition coefficient (Wildman–Crippen LogP) is 3.41. The second-order valence-corrected chi connectivity index (χ2v) is 6.55. The van der Waals surface area contributed by atoms with Crippen LogP contribution in [0.5, 0.6) is 0 Å². The Morgan fingerprint density at radius 1 is 1.29 bits per heavy atom. The molecule has 5 heteroatoms. The lowest BCUT2D eigenvalue weighted by Crippen LogP contribution is -2.47.